The third-order valence-electron chi connectivity index (χ3n) is 3.82. The molecule has 1 aliphatic carbocycles. The summed E-state index contributed by atoms with van der Waals surface area (Å²) >= 11 is 0. The van der Waals surface area contributed by atoms with E-state index in [1.807, 2.05) is 0 Å². The van der Waals surface area contributed by atoms with E-state index in [2.05, 4.69) is 24.1 Å². The molecule has 1 heterocycles. The second-order valence-electron chi connectivity index (χ2n) is 5.97. The lowest BCUT2D eigenvalue weighted by atomic mass is 10.0. The second kappa shape index (κ2) is 6.72. The normalized spacial score (nSPS) is 26.6. The molecule has 2 rings (SSSR count). The molecule has 0 bridgehead atoms. The van der Waals surface area contributed by atoms with E-state index in [1.165, 1.54) is 38.6 Å². The molecule has 0 amide bonds. The van der Waals surface area contributed by atoms with Crippen molar-refractivity contribution < 1.29 is 4.74 Å². The fourth-order valence-corrected chi connectivity index (χ4v) is 2.45. The van der Waals surface area contributed by atoms with Gasteiger partial charge in [0.1, 0.15) is 0 Å². The van der Waals surface area contributed by atoms with Crippen molar-refractivity contribution in [1.29, 1.82) is 0 Å². The van der Waals surface area contributed by atoms with E-state index < -0.39 is 0 Å². The highest BCUT2D eigenvalue weighted by Gasteiger charge is 2.24. The van der Waals surface area contributed by atoms with Crippen LogP contribution in [0.15, 0.2) is 0 Å². The molecule has 3 nitrogen and oxygen atoms in total. The number of rotatable bonds is 7. The first kappa shape index (κ1) is 13.3. The lowest BCUT2D eigenvalue weighted by Gasteiger charge is -2.36. The smallest absolute Gasteiger partial charge is 0.0993 e. The van der Waals surface area contributed by atoms with Crippen LogP contribution in [-0.2, 0) is 4.74 Å². The van der Waals surface area contributed by atoms with Gasteiger partial charge in [-0.1, -0.05) is 20.3 Å². The van der Waals surface area contributed by atoms with Gasteiger partial charge in [0.2, 0.25) is 0 Å². The van der Waals surface area contributed by atoms with Crippen LogP contribution < -0.4 is 5.32 Å². The van der Waals surface area contributed by atoms with Crippen molar-refractivity contribution in [3.05, 3.63) is 0 Å². The highest BCUT2D eigenvalue weighted by molar-refractivity contribution is 4.78. The Morgan fingerprint density at radius 3 is 2.76 bits per heavy atom. The van der Waals surface area contributed by atoms with Crippen molar-refractivity contribution in [3.63, 3.8) is 0 Å². The minimum Gasteiger partial charge on any atom is -0.366 e. The maximum Gasteiger partial charge on any atom is 0.0993 e. The van der Waals surface area contributed by atoms with Crippen LogP contribution in [-0.4, -0.2) is 43.4 Å². The Kier molecular flexibility index (Phi) is 5.26. The summed E-state index contributed by atoms with van der Waals surface area (Å²) in [5.74, 6) is 0.882. The van der Waals surface area contributed by atoms with Crippen LogP contribution in [0.3, 0.4) is 0 Å². The summed E-state index contributed by atoms with van der Waals surface area (Å²) < 4.78 is 5.83. The standard InChI is InChI=1S/C14H28N2O/c1-12(2)15-9-14-5-3-4-8-16(14)11-17-10-13-6-7-13/h12-15H,3-11H2,1-2H3. The number of hydrogen-bond acceptors (Lipinski definition) is 3. The SMILES string of the molecule is CC(C)NCC1CCCCN1COCC1CC1. The Bertz CT molecular complexity index is 216. The molecule has 0 radical (unpaired) electrons. The molecule has 17 heavy (non-hydrogen) atoms. The van der Waals surface area contributed by atoms with Gasteiger partial charge in [-0.05, 0) is 31.6 Å². The molecule has 2 aliphatic rings. The summed E-state index contributed by atoms with van der Waals surface area (Å²) in [6.45, 7) is 8.61. The molecule has 1 aliphatic heterocycles. The first-order valence-electron chi connectivity index (χ1n) is 7.31. The van der Waals surface area contributed by atoms with E-state index in [4.69, 9.17) is 4.74 Å². The van der Waals surface area contributed by atoms with Crippen LogP contribution in [0.4, 0.5) is 0 Å². The molecule has 0 aromatic rings. The number of nitrogens with zero attached hydrogens (tertiary/aromatic N) is 1. The summed E-state index contributed by atoms with van der Waals surface area (Å²) in [6.07, 6.45) is 6.82. The Labute approximate surface area is 106 Å². The lowest BCUT2D eigenvalue weighted by molar-refractivity contribution is -0.0133. The number of nitrogens with one attached hydrogen (secondary N) is 1. The molecule has 0 spiro atoms. The van der Waals surface area contributed by atoms with Crippen molar-refractivity contribution in [2.75, 3.05) is 26.4 Å². The largest absolute Gasteiger partial charge is 0.366 e. The Morgan fingerprint density at radius 1 is 1.24 bits per heavy atom. The number of ether oxygens (including phenoxy) is 1. The third kappa shape index (κ3) is 4.94. The summed E-state index contributed by atoms with van der Waals surface area (Å²) in [6, 6.07) is 1.27. The van der Waals surface area contributed by atoms with Gasteiger partial charge in [0.25, 0.3) is 0 Å². The predicted octanol–water partition coefficient (Wildman–Crippen LogP) is 2.22. The van der Waals surface area contributed by atoms with Gasteiger partial charge < -0.3 is 10.1 Å². The minimum atomic E-state index is 0.589. The molecule has 1 unspecified atom stereocenters. The molecule has 1 N–H and O–H groups in total. The van der Waals surface area contributed by atoms with Crippen molar-refractivity contribution in [2.45, 2.75) is 58.0 Å². The maximum absolute atomic E-state index is 5.83. The van der Waals surface area contributed by atoms with E-state index in [1.54, 1.807) is 0 Å². The zero-order chi connectivity index (χ0) is 12.1. The molecule has 100 valence electrons. The molecule has 1 saturated carbocycles. The molecule has 1 saturated heterocycles. The molecule has 0 aromatic heterocycles. The van der Waals surface area contributed by atoms with Crippen LogP contribution in [0.25, 0.3) is 0 Å². The average molecular weight is 240 g/mol. The summed E-state index contributed by atoms with van der Waals surface area (Å²) in [7, 11) is 0. The van der Waals surface area contributed by atoms with Crippen molar-refractivity contribution in [3.8, 4) is 0 Å². The van der Waals surface area contributed by atoms with E-state index >= 15 is 0 Å². The molecule has 0 aromatic carbocycles. The minimum absolute atomic E-state index is 0.589. The van der Waals surface area contributed by atoms with Crippen molar-refractivity contribution >= 4 is 0 Å². The van der Waals surface area contributed by atoms with Gasteiger partial charge >= 0.3 is 0 Å². The van der Waals surface area contributed by atoms with Gasteiger partial charge in [-0.2, -0.15) is 0 Å². The van der Waals surface area contributed by atoms with Crippen molar-refractivity contribution in [1.82, 2.24) is 10.2 Å². The number of hydrogen-bond donors (Lipinski definition) is 1. The van der Waals surface area contributed by atoms with Gasteiger partial charge in [-0.25, -0.2) is 0 Å². The van der Waals surface area contributed by atoms with E-state index in [0.29, 0.717) is 12.1 Å². The van der Waals surface area contributed by atoms with Crippen LogP contribution in [0.5, 0.6) is 0 Å². The quantitative estimate of drug-likeness (QED) is 0.738. The van der Waals surface area contributed by atoms with Crippen LogP contribution in [0, 0.1) is 5.92 Å². The average Bonchev–Trinajstić information content (AvgIpc) is 3.12. The van der Waals surface area contributed by atoms with Crippen LogP contribution in [0.1, 0.15) is 46.0 Å². The zero-order valence-corrected chi connectivity index (χ0v) is 11.5. The highest BCUT2D eigenvalue weighted by Crippen LogP contribution is 2.29. The van der Waals surface area contributed by atoms with Crippen LogP contribution in [0.2, 0.25) is 0 Å². The van der Waals surface area contributed by atoms with Gasteiger partial charge in [0.15, 0.2) is 0 Å². The Morgan fingerprint density at radius 2 is 2.06 bits per heavy atom. The Balaban J connectivity index is 1.66. The summed E-state index contributed by atoms with van der Waals surface area (Å²) in [5.41, 5.74) is 0. The zero-order valence-electron chi connectivity index (χ0n) is 11.5. The van der Waals surface area contributed by atoms with Gasteiger partial charge in [0, 0.05) is 25.2 Å². The summed E-state index contributed by atoms with van der Waals surface area (Å²) in [4.78, 5) is 2.53. The number of likely N-dealkylation sites (tertiary alicyclic amines) is 1. The van der Waals surface area contributed by atoms with Gasteiger partial charge in [0.05, 0.1) is 13.3 Å². The van der Waals surface area contributed by atoms with E-state index in [0.717, 1.165) is 25.8 Å². The second-order valence-corrected chi connectivity index (χ2v) is 5.97. The first-order valence-corrected chi connectivity index (χ1v) is 7.31. The highest BCUT2D eigenvalue weighted by atomic mass is 16.5. The van der Waals surface area contributed by atoms with E-state index in [9.17, 15) is 0 Å². The fraction of sp³-hybridized carbons (Fsp3) is 1.00. The van der Waals surface area contributed by atoms with Gasteiger partial charge in [-0.3, -0.25) is 4.90 Å². The Hall–Kier alpha value is -0.120. The van der Waals surface area contributed by atoms with Gasteiger partial charge in [-0.15, -0.1) is 0 Å². The molecule has 2 fully saturated rings. The first-order chi connectivity index (χ1) is 8.25. The predicted molar refractivity (Wildman–Crippen MR) is 71.0 cm³/mol. The van der Waals surface area contributed by atoms with Crippen LogP contribution >= 0.6 is 0 Å². The molecular weight excluding hydrogens is 212 g/mol. The third-order valence-corrected chi connectivity index (χ3v) is 3.82. The lowest BCUT2D eigenvalue weighted by Crippen LogP contribution is -2.47. The maximum atomic E-state index is 5.83. The fourth-order valence-electron chi connectivity index (χ4n) is 2.45. The topological polar surface area (TPSA) is 24.5 Å². The molecule has 3 heteroatoms. The molecular formula is C14H28N2O. The monoisotopic (exact) mass is 240 g/mol. The summed E-state index contributed by atoms with van der Waals surface area (Å²) in [5, 5.41) is 3.56. The number of piperidine rings is 1. The molecule has 1 atom stereocenters. The van der Waals surface area contributed by atoms with Crippen molar-refractivity contribution in [2.24, 2.45) is 5.92 Å². The van der Waals surface area contributed by atoms with E-state index in [-0.39, 0.29) is 0 Å².